The van der Waals surface area contributed by atoms with Gasteiger partial charge < -0.3 is 14.0 Å². The number of nitrogens with zero attached hydrogens (tertiary/aromatic N) is 3. The maximum absolute atomic E-state index is 11.7. The Morgan fingerprint density at radius 1 is 1.10 bits per heavy atom. The molecule has 7 nitrogen and oxygen atoms in total. The van der Waals surface area contributed by atoms with Crippen molar-refractivity contribution in [2.75, 3.05) is 18.3 Å². The van der Waals surface area contributed by atoms with Gasteiger partial charge in [-0.25, -0.2) is 8.42 Å². The van der Waals surface area contributed by atoms with Gasteiger partial charge in [-0.2, -0.15) is 0 Å². The topological polar surface area (TPSA) is 83.3 Å². The molecule has 0 fully saturated rings. The SMILES string of the molecule is O=S1(=O)CCc2nnc(-c3ccc4c(c3)OCO4)n2CC1. The molecule has 0 atom stereocenters. The summed E-state index contributed by atoms with van der Waals surface area (Å²) in [6.07, 6.45) is 0.403. The highest BCUT2D eigenvalue weighted by molar-refractivity contribution is 7.91. The third kappa shape index (κ3) is 2.15. The molecule has 3 heterocycles. The van der Waals surface area contributed by atoms with Crippen LogP contribution in [0.4, 0.5) is 0 Å². The minimum atomic E-state index is -3.00. The summed E-state index contributed by atoms with van der Waals surface area (Å²) in [6.45, 7) is 0.601. The van der Waals surface area contributed by atoms with E-state index in [0.29, 0.717) is 36.1 Å². The number of ether oxygens (including phenoxy) is 2. The number of hydrogen-bond acceptors (Lipinski definition) is 6. The van der Waals surface area contributed by atoms with Gasteiger partial charge in [0.1, 0.15) is 5.82 Å². The van der Waals surface area contributed by atoms with Crippen LogP contribution in [0, 0.1) is 0 Å². The van der Waals surface area contributed by atoms with Crippen molar-refractivity contribution in [2.24, 2.45) is 0 Å². The first-order valence-electron chi connectivity index (χ1n) is 6.65. The second-order valence-corrected chi connectivity index (χ2v) is 7.36. The Balaban J connectivity index is 1.76. The van der Waals surface area contributed by atoms with E-state index in [1.165, 1.54) is 0 Å². The van der Waals surface area contributed by atoms with Crippen molar-refractivity contribution >= 4 is 9.84 Å². The van der Waals surface area contributed by atoms with Gasteiger partial charge in [0.05, 0.1) is 11.5 Å². The van der Waals surface area contributed by atoms with Gasteiger partial charge in [0.15, 0.2) is 27.2 Å². The molecule has 0 aliphatic carbocycles. The first-order valence-corrected chi connectivity index (χ1v) is 8.47. The Morgan fingerprint density at radius 2 is 1.95 bits per heavy atom. The molecule has 110 valence electrons. The molecular formula is C13H13N3O4S. The summed E-state index contributed by atoms with van der Waals surface area (Å²) >= 11 is 0. The van der Waals surface area contributed by atoms with Crippen molar-refractivity contribution in [3.8, 4) is 22.9 Å². The molecule has 0 saturated carbocycles. The molecule has 0 unspecified atom stereocenters. The third-order valence-corrected chi connectivity index (χ3v) is 5.35. The van der Waals surface area contributed by atoms with Gasteiger partial charge in [-0.15, -0.1) is 10.2 Å². The second kappa shape index (κ2) is 4.45. The van der Waals surface area contributed by atoms with Crippen LogP contribution >= 0.6 is 0 Å². The Hall–Kier alpha value is -2.09. The molecule has 1 aromatic heterocycles. The highest BCUT2D eigenvalue weighted by Gasteiger charge is 2.23. The number of hydrogen-bond donors (Lipinski definition) is 0. The first-order chi connectivity index (χ1) is 10.1. The fraction of sp³-hybridized carbons (Fsp3) is 0.385. The smallest absolute Gasteiger partial charge is 0.231 e. The van der Waals surface area contributed by atoms with E-state index in [4.69, 9.17) is 9.47 Å². The molecule has 0 radical (unpaired) electrons. The van der Waals surface area contributed by atoms with Gasteiger partial charge >= 0.3 is 0 Å². The van der Waals surface area contributed by atoms with Crippen molar-refractivity contribution in [1.29, 1.82) is 0 Å². The van der Waals surface area contributed by atoms with E-state index < -0.39 is 9.84 Å². The average Bonchev–Trinajstić information content (AvgIpc) is 3.05. The van der Waals surface area contributed by atoms with Crippen molar-refractivity contribution in [2.45, 2.75) is 13.0 Å². The van der Waals surface area contributed by atoms with Crippen molar-refractivity contribution < 1.29 is 17.9 Å². The lowest BCUT2D eigenvalue weighted by Gasteiger charge is -2.07. The predicted molar refractivity (Wildman–Crippen MR) is 73.9 cm³/mol. The summed E-state index contributed by atoms with van der Waals surface area (Å²) in [4.78, 5) is 0. The van der Waals surface area contributed by atoms with Crippen molar-refractivity contribution in [1.82, 2.24) is 14.8 Å². The maximum atomic E-state index is 11.7. The molecule has 2 aliphatic rings. The number of fused-ring (bicyclic) bond motifs is 2. The number of rotatable bonds is 1. The van der Waals surface area contributed by atoms with Gasteiger partial charge in [0.2, 0.25) is 6.79 Å². The Morgan fingerprint density at radius 3 is 2.86 bits per heavy atom. The van der Waals surface area contributed by atoms with E-state index >= 15 is 0 Å². The van der Waals surface area contributed by atoms with Crippen LogP contribution in [0.2, 0.25) is 0 Å². The Labute approximate surface area is 121 Å². The normalized spacial score (nSPS) is 19.0. The van der Waals surface area contributed by atoms with Gasteiger partial charge in [-0.1, -0.05) is 0 Å². The van der Waals surface area contributed by atoms with E-state index in [1.54, 1.807) is 0 Å². The van der Waals surface area contributed by atoms with Gasteiger partial charge in [0.25, 0.3) is 0 Å². The van der Waals surface area contributed by atoms with E-state index in [1.807, 2.05) is 22.8 Å². The van der Waals surface area contributed by atoms with Crippen molar-refractivity contribution in [3.63, 3.8) is 0 Å². The maximum Gasteiger partial charge on any atom is 0.231 e. The lowest BCUT2D eigenvalue weighted by Crippen LogP contribution is -2.12. The molecule has 2 aliphatic heterocycles. The molecule has 8 heteroatoms. The van der Waals surface area contributed by atoms with Crippen LogP contribution in [0.15, 0.2) is 18.2 Å². The van der Waals surface area contributed by atoms with Gasteiger partial charge in [-0.3, -0.25) is 0 Å². The zero-order valence-electron chi connectivity index (χ0n) is 11.2. The molecule has 4 rings (SSSR count). The standard InChI is InChI=1S/C13H13N3O4S/c17-21(18)5-3-12-14-15-13(16(12)4-6-21)9-1-2-10-11(7-9)20-8-19-10/h1-2,7H,3-6,8H2. The number of sulfone groups is 1. The van der Waals surface area contributed by atoms with E-state index in [2.05, 4.69) is 10.2 Å². The zero-order valence-corrected chi connectivity index (χ0v) is 12.0. The van der Waals surface area contributed by atoms with E-state index in [0.717, 1.165) is 5.56 Å². The number of aryl methyl sites for hydroxylation is 1. The fourth-order valence-corrected chi connectivity index (χ4v) is 3.74. The molecule has 0 N–H and O–H groups in total. The quantitative estimate of drug-likeness (QED) is 0.769. The van der Waals surface area contributed by atoms with E-state index in [9.17, 15) is 8.42 Å². The van der Waals surface area contributed by atoms with Crippen LogP contribution in [0.3, 0.4) is 0 Å². The molecule has 1 aromatic carbocycles. The minimum absolute atomic E-state index is 0.121. The van der Waals surface area contributed by atoms with Gasteiger partial charge in [-0.05, 0) is 18.2 Å². The van der Waals surface area contributed by atoms with Crippen LogP contribution in [-0.4, -0.2) is 41.5 Å². The highest BCUT2D eigenvalue weighted by Crippen LogP contribution is 2.35. The second-order valence-electron chi connectivity index (χ2n) is 5.06. The molecular weight excluding hydrogens is 294 g/mol. The zero-order chi connectivity index (χ0) is 14.4. The summed E-state index contributed by atoms with van der Waals surface area (Å²) in [5, 5.41) is 8.33. The highest BCUT2D eigenvalue weighted by atomic mass is 32.2. The minimum Gasteiger partial charge on any atom is -0.454 e. The Bertz CT molecular complexity index is 813. The average molecular weight is 307 g/mol. The molecule has 0 bridgehead atoms. The predicted octanol–water partition coefficient (Wildman–Crippen LogP) is 0.645. The number of benzene rings is 1. The molecule has 0 saturated heterocycles. The van der Waals surface area contributed by atoms with E-state index in [-0.39, 0.29) is 18.3 Å². The largest absolute Gasteiger partial charge is 0.454 e. The summed E-state index contributed by atoms with van der Waals surface area (Å²) in [5.41, 5.74) is 0.845. The lowest BCUT2D eigenvalue weighted by molar-refractivity contribution is 0.174. The fourth-order valence-electron chi connectivity index (χ4n) is 2.58. The molecule has 0 spiro atoms. The summed E-state index contributed by atoms with van der Waals surface area (Å²) < 4.78 is 36.0. The van der Waals surface area contributed by atoms with Crippen LogP contribution in [0.25, 0.3) is 11.4 Å². The first kappa shape index (κ1) is 12.6. The molecule has 0 amide bonds. The molecule has 2 aromatic rings. The van der Waals surface area contributed by atoms with Crippen LogP contribution in [-0.2, 0) is 22.8 Å². The number of aromatic nitrogens is 3. The monoisotopic (exact) mass is 307 g/mol. The van der Waals surface area contributed by atoms with Crippen LogP contribution < -0.4 is 9.47 Å². The summed E-state index contributed by atoms with van der Waals surface area (Å²) in [7, 11) is -3.00. The van der Waals surface area contributed by atoms with Crippen molar-refractivity contribution in [3.05, 3.63) is 24.0 Å². The summed E-state index contributed by atoms with van der Waals surface area (Å²) in [6, 6.07) is 5.55. The lowest BCUT2D eigenvalue weighted by atomic mass is 10.2. The van der Waals surface area contributed by atoms with Crippen LogP contribution in [0.1, 0.15) is 5.82 Å². The molecule has 21 heavy (non-hydrogen) atoms. The van der Waals surface area contributed by atoms with Gasteiger partial charge in [0, 0.05) is 18.5 Å². The van der Waals surface area contributed by atoms with Crippen LogP contribution in [0.5, 0.6) is 11.5 Å². The third-order valence-electron chi connectivity index (χ3n) is 3.72. The Kier molecular flexibility index (Phi) is 2.68. The summed E-state index contributed by atoms with van der Waals surface area (Å²) in [5.74, 6) is 3.01.